The number of hydrogen-bond donors (Lipinski definition) is 1. The molecule has 1 N–H and O–H groups in total. The lowest BCUT2D eigenvalue weighted by molar-refractivity contribution is -0.122. The molecule has 4 rings (SSSR count). The molecule has 172 valence electrons. The summed E-state index contributed by atoms with van der Waals surface area (Å²) >= 11 is 0. The van der Waals surface area contributed by atoms with Crippen molar-refractivity contribution in [3.05, 3.63) is 65.0 Å². The summed E-state index contributed by atoms with van der Waals surface area (Å²) in [6.45, 7) is 2.53. The molecule has 1 aliphatic carbocycles. The van der Waals surface area contributed by atoms with Crippen LogP contribution in [0.4, 0.5) is 4.39 Å². The highest BCUT2D eigenvalue weighted by Gasteiger charge is 2.29. The number of carbonyl (C=O) groups excluding carboxylic acids is 1. The lowest BCUT2D eigenvalue weighted by Gasteiger charge is -2.33. The first-order chi connectivity index (χ1) is 15.4. The number of amides is 1. The highest BCUT2D eigenvalue weighted by molar-refractivity contribution is 7.89. The topological polar surface area (TPSA) is 69.7 Å². The Hall–Kier alpha value is -2.29. The number of rotatable bonds is 7. The third-order valence-corrected chi connectivity index (χ3v) is 8.20. The van der Waals surface area contributed by atoms with E-state index in [1.54, 1.807) is 18.2 Å². The first kappa shape index (κ1) is 22.9. The van der Waals surface area contributed by atoms with Crippen LogP contribution in [0.3, 0.4) is 0 Å². The van der Waals surface area contributed by atoms with Gasteiger partial charge in [0.05, 0.1) is 11.4 Å². The number of nitrogens with one attached hydrogen (secondary N) is 1. The van der Waals surface area contributed by atoms with E-state index in [0.29, 0.717) is 44.0 Å². The number of benzene rings is 2. The molecule has 1 saturated heterocycles. The second-order valence-electron chi connectivity index (χ2n) is 8.54. The molecule has 0 bridgehead atoms. The van der Waals surface area contributed by atoms with Crippen molar-refractivity contribution in [2.75, 3.05) is 39.3 Å². The van der Waals surface area contributed by atoms with Gasteiger partial charge in [-0.3, -0.25) is 9.69 Å². The number of aryl methyl sites for hydroxylation is 2. The summed E-state index contributed by atoms with van der Waals surface area (Å²) in [6, 6.07) is 11.8. The highest BCUT2D eigenvalue weighted by atomic mass is 32.2. The van der Waals surface area contributed by atoms with Crippen molar-refractivity contribution in [1.82, 2.24) is 14.5 Å². The molecule has 6 nitrogen and oxygen atoms in total. The summed E-state index contributed by atoms with van der Waals surface area (Å²) in [7, 11) is -3.52. The molecule has 2 aliphatic rings. The van der Waals surface area contributed by atoms with Crippen LogP contribution in [-0.2, 0) is 34.1 Å². The van der Waals surface area contributed by atoms with Crippen LogP contribution in [0.5, 0.6) is 0 Å². The van der Waals surface area contributed by atoms with E-state index in [2.05, 4.69) is 5.32 Å². The van der Waals surface area contributed by atoms with E-state index in [1.807, 2.05) is 17.0 Å². The van der Waals surface area contributed by atoms with E-state index in [4.69, 9.17) is 0 Å². The number of nitrogens with zero attached hydrogens (tertiary/aromatic N) is 2. The predicted molar refractivity (Wildman–Crippen MR) is 121 cm³/mol. The zero-order valence-electron chi connectivity index (χ0n) is 18.2. The minimum Gasteiger partial charge on any atom is -0.355 e. The number of fused-ring (bicyclic) bond motifs is 1. The number of hydrogen-bond acceptors (Lipinski definition) is 4. The van der Waals surface area contributed by atoms with E-state index >= 15 is 0 Å². The normalized spacial score (nSPS) is 17.7. The van der Waals surface area contributed by atoms with E-state index in [-0.39, 0.29) is 18.3 Å². The molecular weight excluding hydrogens is 429 g/mol. The third-order valence-electron chi connectivity index (χ3n) is 6.31. The summed E-state index contributed by atoms with van der Waals surface area (Å²) in [6.07, 6.45) is 4.89. The SMILES string of the molecule is O=C(CN1CCN(S(=O)(=O)c2ccc3c(c2)CCCC3)CC1)NCCc1ccc(F)cc1. The zero-order chi connectivity index (χ0) is 22.6. The Labute approximate surface area is 189 Å². The third kappa shape index (κ3) is 5.54. The van der Waals surface area contributed by atoms with Gasteiger partial charge in [0.15, 0.2) is 0 Å². The predicted octanol–water partition coefficient (Wildman–Crippen LogP) is 2.37. The molecule has 0 aromatic heterocycles. The highest BCUT2D eigenvalue weighted by Crippen LogP contribution is 2.26. The largest absolute Gasteiger partial charge is 0.355 e. The van der Waals surface area contributed by atoms with Crippen molar-refractivity contribution >= 4 is 15.9 Å². The van der Waals surface area contributed by atoms with Gasteiger partial charge in [-0.2, -0.15) is 4.31 Å². The summed E-state index contributed by atoms with van der Waals surface area (Å²) < 4.78 is 40.7. The molecule has 0 atom stereocenters. The average Bonchev–Trinajstić information content (AvgIpc) is 2.80. The smallest absolute Gasteiger partial charge is 0.243 e. The second kappa shape index (κ2) is 10.1. The van der Waals surface area contributed by atoms with Gasteiger partial charge in [0, 0.05) is 32.7 Å². The Kier molecular flexibility index (Phi) is 7.23. The van der Waals surface area contributed by atoms with Gasteiger partial charge in [-0.1, -0.05) is 18.2 Å². The van der Waals surface area contributed by atoms with Crippen molar-refractivity contribution in [3.63, 3.8) is 0 Å². The summed E-state index contributed by atoms with van der Waals surface area (Å²) in [4.78, 5) is 14.6. The van der Waals surface area contributed by atoms with Crippen molar-refractivity contribution in [2.24, 2.45) is 0 Å². The minimum absolute atomic E-state index is 0.0851. The second-order valence-corrected chi connectivity index (χ2v) is 10.5. The van der Waals surface area contributed by atoms with Gasteiger partial charge in [-0.15, -0.1) is 0 Å². The van der Waals surface area contributed by atoms with Crippen molar-refractivity contribution in [2.45, 2.75) is 37.0 Å². The fourth-order valence-electron chi connectivity index (χ4n) is 4.40. The maximum atomic E-state index is 13.1. The van der Waals surface area contributed by atoms with Crippen molar-refractivity contribution < 1.29 is 17.6 Å². The molecule has 1 fully saturated rings. The molecule has 2 aromatic rings. The molecule has 2 aromatic carbocycles. The Morgan fingerprint density at radius 3 is 2.34 bits per heavy atom. The van der Waals surface area contributed by atoms with Crippen LogP contribution in [0.15, 0.2) is 47.4 Å². The monoisotopic (exact) mass is 459 g/mol. The zero-order valence-corrected chi connectivity index (χ0v) is 19.0. The molecule has 1 amide bonds. The molecule has 0 spiro atoms. The van der Waals surface area contributed by atoms with Crippen LogP contribution in [0.1, 0.15) is 29.5 Å². The minimum atomic E-state index is -3.52. The number of halogens is 1. The van der Waals surface area contributed by atoms with Gasteiger partial charge in [0.2, 0.25) is 15.9 Å². The Bertz CT molecular complexity index is 1050. The maximum Gasteiger partial charge on any atom is 0.243 e. The van der Waals surface area contributed by atoms with Crippen LogP contribution in [0, 0.1) is 5.82 Å². The summed E-state index contributed by atoms with van der Waals surface area (Å²) in [5.41, 5.74) is 3.39. The van der Waals surface area contributed by atoms with E-state index in [1.165, 1.54) is 28.4 Å². The number of sulfonamides is 1. The Morgan fingerprint density at radius 1 is 0.938 bits per heavy atom. The van der Waals surface area contributed by atoms with Gasteiger partial charge in [0.1, 0.15) is 5.82 Å². The van der Waals surface area contributed by atoms with Crippen LogP contribution >= 0.6 is 0 Å². The maximum absolute atomic E-state index is 13.1. The van der Waals surface area contributed by atoms with Crippen molar-refractivity contribution in [3.8, 4) is 0 Å². The molecule has 1 heterocycles. The fourth-order valence-corrected chi connectivity index (χ4v) is 5.88. The Balaban J connectivity index is 1.24. The molecule has 0 unspecified atom stereocenters. The molecule has 1 aliphatic heterocycles. The van der Waals surface area contributed by atoms with E-state index in [9.17, 15) is 17.6 Å². The average molecular weight is 460 g/mol. The van der Waals surface area contributed by atoms with Gasteiger partial charge < -0.3 is 5.32 Å². The van der Waals surface area contributed by atoms with Gasteiger partial charge in [0.25, 0.3) is 0 Å². The molecule has 8 heteroatoms. The fraction of sp³-hybridized carbons (Fsp3) is 0.458. The first-order valence-corrected chi connectivity index (χ1v) is 12.7. The van der Waals surface area contributed by atoms with Gasteiger partial charge in [-0.05, 0) is 73.1 Å². The molecule has 0 radical (unpaired) electrons. The quantitative estimate of drug-likeness (QED) is 0.690. The molecule has 32 heavy (non-hydrogen) atoms. The van der Waals surface area contributed by atoms with E-state index < -0.39 is 10.0 Å². The molecule has 0 saturated carbocycles. The molecular formula is C24H30FN3O3S. The number of piperazine rings is 1. The van der Waals surface area contributed by atoms with Crippen LogP contribution in [-0.4, -0.2) is 62.8 Å². The summed E-state index contributed by atoms with van der Waals surface area (Å²) in [5, 5.41) is 2.88. The standard InChI is InChI=1S/C24H30FN3O3S/c25-22-8-5-19(6-9-22)11-12-26-24(29)18-27-13-15-28(16-14-27)32(30,31)23-10-7-20-3-1-2-4-21(20)17-23/h5-10,17H,1-4,11-16,18H2,(H,26,29). The van der Waals surface area contributed by atoms with Crippen LogP contribution in [0.25, 0.3) is 0 Å². The number of carbonyl (C=O) groups is 1. The van der Waals surface area contributed by atoms with Crippen molar-refractivity contribution in [1.29, 1.82) is 0 Å². The van der Waals surface area contributed by atoms with Crippen LogP contribution < -0.4 is 5.32 Å². The van der Waals surface area contributed by atoms with Gasteiger partial charge >= 0.3 is 0 Å². The van der Waals surface area contributed by atoms with E-state index in [0.717, 1.165) is 30.4 Å². The summed E-state index contributed by atoms with van der Waals surface area (Å²) in [5.74, 6) is -0.358. The van der Waals surface area contributed by atoms with Gasteiger partial charge in [-0.25, -0.2) is 12.8 Å². The first-order valence-electron chi connectivity index (χ1n) is 11.3. The van der Waals surface area contributed by atoms with Crippen LogP contribution in [0.2, 0.25) is 0 Å². The lowest BCUT2D eigenvalue weighted by atomic mass is 9.92. The Morgan fingerprint density at radius 2 is 1.62 bits per heavy atom. The lowest BCUT2D eigenvalue weighted by Crippen LogP contribution is -2.51.